The fourth-order valence-corrected chi connectivity index (χ4v) is 9.57. The summed E-state index contributed by atoms with van der Waals surface area (Å²) in [6.07, 6.45) is 16.2. The minimum Gasteiger partial charge on any atom is -0.370 e. The molecule has 0 radical (unpaired) electrons. The first-order valence-electron chi connectivity index (χ1n) is 12.6. The molecule has 0 heterocycles. The van der Waals surface area contributed by atoms with Crippen LogP contribution in [0.2, 0.25) is 0 Å². The zero-order valence-electron chi connectivity index (χ0n) is 19.0. The first kappa shape index (κ1) is 20.7. The third kappa shape index (κ3) is 3.16. The Labute approximate surface area is 173 Å². The molecule has 0 saturated heterocycles. The maximum atomic E-state index is 11.3. The van der Waals surface area contributed by atoms with Crippen molar-refractivity contribution in [3.8, 4) is 0 Å². The van der Waals surface area contributed by atoms with Crippen molar-refractivity contribution in [3.05, 3.63) is 0 Å². The number of nitrogens with two attached hydrogens (primary N) is 1. The Balaban J connectivity index is 1.56. The predicted molar refractivity (Wildman–Crippen MR) is 117 cm³/mol. The van der Waals surface area contributed by atoms with Gasteiger partial charge in [0.25, 0.3) is 0 Å². The van der Waals surface area contributed by atoms with Crippen LogP contribution in [0.5, 0.6) is 0 Å². The molecule has 160 valence electrons. The van der Waals surface area contributed by atoms with Crippen LogP contribution in [0.15, 0.2) is 0 Å². The molecule has 4 aliphatic carbocycles. The van der Waals surface area contributed by atoms with Gasteiger partial charge in [-0.1, -0.05) is 47.0 Å². The fourth-order valence-electron chi connectivity index (χ4n) is 9.57. The Bertz CT molecular complexity index is 587. The third-order valence-electron chi connectivity index (χ3n) is 10.9. The summed E-state index contributed by atoms with van der Waals surface area (Å²) in [6.45, 7) is 10.2. The first-order chi connectivity index (χ1) is 13.3. The molecule has 0 aromatic carbocycles. The number of hydrogen-bond acceptors (Lipinski definition) is 1. The van der Waals surface area contributed by atoms with Crippen molar-refractivity contribution < 1.29 is 4.79 Å². The van der Waals surface area contributed by atoms with E-state index in [1.807, 2.05) is 0 Å². The van der Waals surface area contributed by atoms with Crippen molar-refractivity contribution in [1.82, 2.24) is 0 Å². The molecule has 6 unspecified atom stereocenters. The van der Waals surface area contributed by atoms with E-state index in [0.717, 1.165) is 41.9 Å². The highest BCUT2D eigenvalue weighted by molar-refractivity contribution is 5.73. The van der Waals surface area contributed by atoms with Gasteiger partial charge in [-0.05, 0) is 104 Å². The number of carbonyl (C=O) groups excluding carboxylic acids is 1. The number of rotatable bonds is 5. The molecule has 0 bridgehead atoms. The summed E-state index contributed by atoms with van der Waals surface area (Å²) in [7, 11) is 0. The lowest BCUT2D eigenvalue weighted by molar-refractivity contribution is -0.138. The van der Waals surface area contributed by atoms with Crippen molar-refractivity contribution in [2.75, 3.05) is 0 Å². The minimum atomic E-state index is -0.121. The second-order valence-electron chi connectivity index (χ2n) is 11.8. The molecule has 0 aromatic rings. The molecule has 0 spiro atoms. The maximum absolute atomic E-state index is 11.3. The van der Waals surface area contributed by atoms with Crippen LogP contribution < -0.4 is 5.73 Å². The van der Waals surface area contributed by atoms with Crippen molar-refractivity contribution in [1.29, 1.82) is 0 Å². The number of amides is 1. The van der Waals surface area contributed by atoms with Gasteiger partial charge in [-0.15, -0.1) is 0 Å². The number of fused-ring (bicyclic) bond motifs is 5. The number of primary amides is 1. The average molecular weight is 388 g/mol. The molecular weight excluding hydrogens is 342 g/mol. The Morgan fingerprint density at radius 3 is 2.46 bits per heavy atom. The van der Waals surface area contributed by atoms with E-state index in [4.69, 9.17) is 5.73 Å². The highest BCUT2D eigenvalue weighted by Gasteiger charge is 2.61. The predicted octanol–water partition coefficient (Wildman–Crippen LogP) is 6.57. The van der Waals surface area contributed by atoms with E-state index in [9.17, 15) is 4.79 Å². The Morgan fingerprint density at radius 2 is 1.75 bits per heavy atom. The van der Waals surface area contributed by atoms with Crippen LogP contribution in [-0.2, 0) is 4.79 Å². The summed E-state index contributed by atoms with van der Waals surface area (Å²) in [4.78, 5) is 11.3. The normalized spacial score (nSPS) is 49.0. The monoisotopic (exact) mass is 387 g/mol. The Kier molecular flexibility index (Phi) is 5.64. The molecule has 2 nitrogen and oxygen atoms in total. The molecule has 2 N–H and O–H groups in total. The van der Waals surface area contributed by atoms with E-state index in [1.165, 1.54) is 64.2 Å². The van der Waals surface area contributed by atoms with Gasteiger partial charge in [0.2, 0.25) is 5.91 Å². The topological polar surface area (TPSA) is 43.1 Å². The highest BCUT2D eigenvalue weighted by Crippen LogP contribution is 2.69. The second kappa shape index (κ2) is 7.62. The lowest BCUT2D eigenvalue weighted by atomic mass is 9.42. The first-order valence-corrected chi connectivity index (χ1v) is 12.6. The molecule has 2 heteroatoms. The van der Waals surface area contributed by atoms with Crippen LogP contribution in [0.1, 0.15) is 105 Å². The molecular formula is C26H45NO. The fraction of sp³-hybridized carbons (Fsp3) is 0.962. The molecule has 0 aliphatic heterocycles. The van der Waals surface area contributed by atoms with E-state index in [0.29, 0.717) is 23.2 Å². The van der Waals surface area contributed by atoms with Gasteiger partial charge in [0.1, 0.15) is 0 Å². The lowest BCUT2D eigenvalue weighted by Gasteiger charge is -2.63. The molecule has 9 atom stereocenters. The Hall–Kier alpha value is -0.530. The van der Waals surface area contributed by atoms with Gasteiger partial charge in [0.05, 0.1) is 0 Å². The quantitative estimate of drug-likeness (QED) is 0.569. The summed E-state index contributed by atoms with van der Waals surface area (Å²) >= 11 is 0. The van der Waals surface area contributed by atoms with E-state index in [1.54, 1.807) is 0 Å². The van der Waals surface area contributed by atoms with Crippen molar-refractivity contribution in [2.24, 2.45) is 58.0 Å². The number of carbonyl (C=O) groups is 1. The van der Waals surface area contributed by atoms with Crippen LogP contribution in [0.3, 0.4) is 0 Å². The van der Waals surface area contributed by atoms with E-state index in [2.05, 4.69) is 27.7 Å². The summed E-state index contributed by atoms with van der Waals surface area (Å²) in [6, 6.07) is 0. The van der Waals surface area contributed by atoms with Gasteiger partial charge in [0, 0.05) is 6.42 Å². The van der Waals surface area contributed by atoms with Crippen molar-refractivity contribution >= 4 is 5.91 Å². The van der Waals surface area contributed by atoms with Crippen LogP contribution in [0.25, 0.3) is 0 Å². The highest BCUT2D eigenvalue weighted by atomic mass is 16.1. The molecule has 4 rings (SSSR count). The summed E-state index contributed by atoms with van der Waals surface area (Å²) < 4.78 is 0. The molecule has 4 aliphatic rings. The summed E-state index contributed by atoms with van der Waals surface area (Å²) in [5.74, 6) is 6.18. The maximum Gasteiger partial charge on any atom is 0.217 e. The minimum absolute atomic E-state index is 0.121. The van der Waals surface area contributed by atoms with Crippen LogP contribution in [0.4, 0.5) is 0 Å². The zero-order chi connectivity index (χ0) is 20.1. The van der Waals surface area contributed by atoms with Gasteiger partial charge in [0.15, 0.2) is 0 Å². The number of hydrogen-bond donors (Lipinski definition) is 1. The van der Waals surface area contributed by atoms with E-state index in [-0.39, 0.29) is 5.91 Å². The van der Waals surface area contributed by atoms with Crippen molar-refractivity contribution in [3.63, 3.8) is 0 Å². The van der Waals surface area contributed by atoms with Gasteiger partial charge in [-0.25, -0.2) is 0 Å². The average Bonchev–Trinajstić information content (AvgIpc) is 3.02. The van der Waals surface area contributed by atoms with E-state index >= 15 is 0 Å². The van der Waals surface area contributed by atoms with E-state index < -0.39 is 0 Å². The SMILES string of the molecule is CC[C@H]1CC2C3CCC([C@H](C)CCC(N)=O)C3(C)CC[C@@H]2C2(C)CCCCC12. The largest absolute Gasteiger partial charge is 0.370 e. The molecule has 4 saturated carbocycles. The van der Waals surface area contributed by atoms with Gasteiger partial charge in [-0.3, -0.25) is 4.79 Å². The second-order valence-corrected chi connectivity index (χ2v) is 11.8. The smallest absolute Gasteiger partial charge is 0.217 e. The molecule has 28 heavy (non-hydrogen) atoms. The Morgan fingerprint density at radius 1 is 1.00 bits per heavy atom. The van der Waals surface area contributed by atoms with Crippen LogP contribution in [0, 0.1) is 52.3 Å². The molecule has 4 fully saturated rings. The van der Waals surface area contributed by atoms with Crippen LogP contribution >= 0.6 is 0 Å². The van der Waals surface area contributed by atoms with Gasteiger partial charge < -0.3 is 5.73 Å². The van der Waals surface area contributed by atoms with Crippen LogP contribution in [-0.4, -0.2) is 5.91 Å². The molecule has 1 amide bonds. The zero-order valence-corrected chi connectivity index (χ0v) is 19.0. The van der Waals surface area contributed by atoms with Crippen molar-refractivity contribution in [2.45, 2.75) is 105 Å². The standard InChI is InChI=1S/C26H45NO/c1-5-18-16-19-22-11-10-20(17(2)9-12-24(27)28)26(22,4)15-13-23(19)25(3)14-7-6-8-21(18)25/h17-23H,5-16H2,1-4H3,(H2,27,28)/t17-,18+,19?,20?,21?,22?,23+,25?,26?/m1/s1. The van der Waals surface area contributed by atoms with Gasteiger partial charge >= 0.3 is 0 Å². The third-order valence-corrected chi connectivity index (χ3v) is 10.9. The van der Waals surface area contributed by atoms with Gasteiger partial charge in [-0.2, -0.15) is 0 Å². The molecule has 0 aromatic heterocycles. The summed E-state index contributed by atoms with van der Waals surface area (Å²) in [5, 5.41) is 0. The summed E-state index contributed by atoms with van der Waals surface area (Å²) in [5.41, 5.74) is 6.59. The lowest BCUT2D eigenvalue weighted by Crippen LogP contribution is -2.55.